The summed E-state index contributed by atoms with van der Waals surface area (Å²) in [4.78, 5) is 0. The highest BCUT2D eigenvalue weighted by Crippen LogP contribution is 2.22. The highest BCUT2D eigenvalue weighted by molar-refractivity contribution is 5.42. The second-order valence-electron chi connectivity index (χ2n) is 26.6. The summed E-state index contributed by atoms with van der Waals surface area (Å²) in [5, 5.41) is 0. The Balaban J connectivity index is 0.000000541. The first-order valence-corrected chi connectivity index (χ1v) is 37.1. The molecule has 0 atom stereocenters. The lowest BCUT2D eigenvalue weighted by Gasteiger charge is -2.11. The quantitative estimate of drug-likeness (QED) is 0.114. The average molecular weight is 1290 g/mol. The Hall–Kier alpha value is -7.02. The molecule has 0 aliphatic rings. The smallest absolute Gasteiger partial charge is 0.0302 e. The predicted octanol–water partition coefficient (Wildman–Crippen LogP) is 27.5. The molecular weight excluding hydrogens is 1150 g/mol. The molecule has 9 aromatic rings. The maximum Gasteiger partial charge on any atom is -0.0302 e. The van der Waals surface area contributed by atoms with Crippen LogP contribution in [0.15, 0.2) is 146 Å². The summed E-state index contributed by atoms with van der Waals surface area (Å²) in [6, 6.07) is 53.0. The topological polar surface area (TPSA) is 0 Å². The van der Waals surface area contributed by atoms with Gasteiger partial charge < -0.3 is 0 Å². The molecule has 0 unspecified atom stereocenters. The Kier molecular flexibility index (Phi) is 42.6. The minimum atomic E-state index is 1.14. The van der Waals surface area contributed by atoms with Crippen molar-refractivity contribution in [2.75, 3.05) is 0 Å². The maximum atomic E-state index is 2.34. The molecule has 0 nitrogen and oxygen atoms in total. The molecule has 0 saturated carbocycles. The standard InChI is InChI=1S/4C12H18.4C10H14.C8H10/c2*1-5-11-7-9(3)10(4)12(6-2)8-11;1-5-11-7-9(3)10(4)8-12(11)6-2;1-5-11-8-7-9(3)10(4)12(11)6-2;2*1-4-10-6-5-8(2)9(3)7-10;2*1-4-10-7-5-6-8(2)9(10)3;1-7-5-3-4-6-8(7)2/h4*7-8H,5-6H2,1-4H3;4*5-7H,4H2,1-3H3;3-6H,1-2H3. The van der Waals surface area contributed by atoms with Crippen LogP contribution >= 0.6 is 0 Å². The van der Waals surface area contributed by atoms with Crippen molar-refractivity contribution in [2.24, 2.45) is 0 Å². The van der Waals surface area contributed by atoms with Gasteiger partial charge in [-0.3, -0.25) is 0 Å². The monoisotopic (exact) mass is 1290 g/mol. The van der Waals surface area contributed by atoms with Gasteiger partial charge >= 0.3 is 0 Å². The molecule has 522 valence electrons. The fraction of sp³-hybridized carbons (Fsp3) is 0.438. The van der Waals surface area contributed by atoms with Crippen LogP contribution in [-0.2, 0) is 77.0 Å². The highest BCUT2D eigenvalue weighted by Gasteiger charge is 2.06. The van der Waals surface area contributed by atoms with Gasteiger partial charge in [0.05, 0.1) is 0 Å². The molecule has 0 spiro atoms. The normalized spacial score (nSPS) is 10.1. The molecule has 9 aromatic carbocycles. The molecule has 0 heteroatoms. The first-order valence-electron chi connectivity index (χ1n) is 37.1. The lowest BCUT2D eigenvalue weighted by Crippen LogP contribution is -1.96. The minimum Gasteiger partial charge on any atom is -0.0620 e. The minimum absolute atomic E-state index is 1.14. The van der Waals surface area contributed by atoms with Gasteiger partial charge in [-0.15, -0.1) is 0 Å². The molecule has 0 bridgehead atoms. The molecule has 96 heavy (non-hydrogen) atoms. The van der Waals surface area contributed by atoms with E-state index in [0.717, 1.165) is 77.0 Å². The Morgan fingerprint density at radius 1 is 0.156 bits per heavy atom. The second kappa shape index (κ2) is 47.0. The van der Waals surface area contributed by atoms with Crippen LogP contribution in [0.2, 0.25) is 0 Å². The third-order valence-electron chi connectivity index (χ3n) is 20.1. The summed E-state index contributed by atoms with van der Waals surface area (Å²) < 4.78 is 0. The Bertz CT molecular complexity index is 3480. The Morgan fingerprint density at radius 2 is 0.427 bits per heavy atom. The van der Waals surface area contributed by atoms with Gasteiger partial charge in [-0.25, -0.2) is 0 Å². The second-order valence-corrected chi connectivity index (χ2v) is 26.6. The van der Waals surface area contributed by atoms with E-state index >= 15 is 0 Å². The fourth-order valence-corrected chi connectivity index (χ4v) is 11.6. The van der Waals surface area contributed by atoms with Crippen molar-refractivity contribution in [1.29, 1.82) is 0 Å². The number of hydrogen-bond donors (Lipinski definition) is 0. The van der Waals surface area contributed by atoms with Crippen LogP contribution in [0.25, 0.3) is 0 Å². The molecule has 0 aromatic heterocycles. The van der Waals surface area contributed by atoms with Crippen molar-refractivity contribution in [3.05, 3.63) is 312 Å². The Labute approximate surface area is 593 Å². The fourth-order valence-electron chi connectivity index (χ4n) is 11.6. The molecular formula is C96H138. The van der Waals surface area contributed by atoms with Gasteiger partial charge in [0, 0.05) is 0 Å². The van der Waals surface area contributed by atoms with E-state index in [4.69, 9.17) is 0 Å². The summed E-state index contributed by atoms with van der Waals surface area (Å²) in [6.45, 7) is 65.7. The maximum absolute atomic E-state index is 2.34. The van der Waals surface area contributed by atoms with E-state index in [-0.39, 0.29) is 0 Å². The van der Waals surface area contributed by atoms with Crippen molar-refractivity contribution < 1.29 is 0 Å². The van der Waals surface area contributed by atoms with Gasteiger partial charge in [0.1, 0.15) is 0 Å². The molecule has 0 radical (unpaired) electrons. The highest BCUT2D eigenvalue weighted by atomic mass is 14.1. The summed E-state index contributed by atoms with van der Waals surface area (Å²) in [7, 11) is 0. The van der Waals surface area contributed by atoms with Crippen molar-refractivity contribution in [3.63, 3.8) is 0 Å². The molecule has 9 rings (SSSR count). The van der Waals surface area contributed by atoms with E-state index in [1.807, 2.05) is 0 Å². The summed E-state index contributed by atoms with van der Waals surface area (Å²) in [5.41, 5.74) is 43.4. The predicted molar refractivity (Wildman–Crippen MR) is 436 cm³/mol. The van der Waals surface area contributed by atoms with Gasteiger partial charge in [0.2, 0.25) is 0 Å². The van der Waals surface area contributed by atoms with Gasteiger partial charge in [-0.2, -0.15) is 0 Å². The number of hydrogen-bond acceptors (Lipinski definition) is 0. The lowest BCUT2D eigenvalue weighted by molar-refractivity contribution is 1.01. The van der Waals surface area contributed by atoms with E-state index in [1.165, 1.54) is 161 Å². The SMILES string of the molecule is CCc1cc(C)c(C)c(CC)c1.CCc1cc(C)c(C)c(CC)c1.CCc1cc(C)c(C)cc1CC.CCc1ccc(C)c(C)c1.CCc1ccc(C)c(C)c1.CCc1ccc(C)c(C)c1CC.CCc1cccc(C)c1C.CCc1cccc(C)c1C.Cc1ccccc1C. The summed E-state index contributed by atoms with van der Waals surface area (Å²) in [6.07, 6.45) is 13.8. The number of aryl methyl sites for hydroxylation is 24. The van der Waals surface area contributed by atoms with Gasteiger partial charge in [-0.05, 0) is 369 Å². The summed E-state index contributed by atoms with van der Waals surface area (Å²) in [5.74, 6) is 0. The zero-order chi connectivity index (χ0) is 72.8. The molecule has 0 saturated heterocycles. The van der Waals surface area contributed by atoms with Gasteiger partial charge in [0.15, 0.2) is 0 Å². The largest absolute Gasteiger partial charge is 0.0620 e. The van der Waals surface area contributed by atoms with E-state index < -0.39 is 0 Å². The van der Waals surface area contributed by atoms with E-state index in [2.05, 4.69) is 353 Å². The molecule has 0 aliphatic carbocycles. The average Bonchev–Trinajstić information content (AvgIpc) is 1.02. The molecule has 0 heterocycles. The third-order valence-corrected chi connectivity index (χ3v) is 20.1. The molecule has 0 aliphatic heterocycles. The number of rotatable bonds is 12. The third kappa shape index (κ3) is 29.8. The van der Waals surface area contributed by atoms with Crippen LogP contribution in [-0.4, -0.2) is 0 Å². The zero-order valence-electron chi connectivity index (χ0n) is 67.3. The van der Waals surface area contributed by atoms with Crippen LogP contribution in [0.5, 0.6) is 0 Å². The molecule has 0 amide bonds. The van der Waals surface area contributed by atoms with E-state index in [9.17, 15) is 0 Å². The van der Waals surface area contributed by atoms with Gasteiger partial charge in [0.25, 0.3) is 0 Å². The van der Waals surface area contributed by atoms with Crippen LogP contribution in [0.3, 0.4) is 0 Å². The van der Waals surface area contributed by atoms with Gasteiger partial charge in [-0.1, -0.05) is 229 Å². The first-order chi connectivity index (χ1) is 45.5. The van der Waals surface area contributed by atoms with Crippen molar-refractivity contribution in [1.82, 2.24) is 0 Å². The van der Waals surface area contributed by atoms with Crippen molar-refractivity contribution in [3.8, 4) is 0 Å². The first kappa shape index (κ1) is 87.0. The summed E-state index contributed by atoms with van der Waals surface area (Å²) >= 11 is 0. The zero-order valence-corrected chi connectivity index (χ0v) is 67.3. The lowest BCUT2D eigenvalue weighted by atomic mass is 9.95. The molecule has 0 fully saturated rings. The van der Waals surface area contributed by atoms with Crippen LogP contribution in [0.4, 0.5) is 0 Å². The van der Waals surface area contributed by atoms with Crippen molar-refractivity contribution >= 4 is 0 Å². The van der Waals surface area contributed by atoms with E-state index in [1.54, 1.807) is 5.56 Å². The Morgan fingerprint density at radius 3 is 0.708 bits per heavy atom. The van der Waals surface area contributed by atoms with Crippen molar-refractivity contribution in [2.45, 2.75) is 285 Å². The van der Waals surface area contributed by atoms with Crippen LogP contribution < -0.4 is 0 Å². The van der Waals surface area contributed by atoms with Crippen LogP contribution in [0.1, 0.15) is 250 Å². The van der Waals surface area contributed by atoms with Crippen LogP contribution in [0, 0.1) is 125 Å². The molecule has 0 N–H and O–H groups in total. The van der Waals surface area contributed by atoms with E-state index in [0.29, 0.717) is 0 Å². The number of benzene rings is 9.